The molecule has 0 radical (unpaired) electrons. The average Bonchev–Trinajstić information content (AvgIpc) is 2.50. The van der Waals surface area contributed by atoms with Gasteiger partial charge in [-0.2, -0.15) is 0 Å². The third-order valence-electron chi connectivity index (χ3n) is 3.07. The van der Waals surface area contributed by atoms with E-state index in [2.05, 4.69) is 15.6 Å². The Morgan fingerprint density at radius 2 is 2.00 bits per heavy atom. The van der Waals surface area contributed by atoms with E-state index in [9.17, 15) is 13.6 Å². The second-order valence-electron chi connectivity index (χ2n) is 5.27. The van der Waals surface area contributed by atoms with E-state index >= 15 is 0 Å². The monoisotopic (exact) mass is 320 g/mol. The minimum absolute atomic E-state index is 0.0811. The van der Waals surface area contributed by atoms with E-state index in [0.29, 0.717) is 18.3 Å². The van der Waals surface area contributed by atoms with Crippen LogP contribution in [0.5, 0.6) is 0 Å². The highest BCUT2D eigenvalue weighted by molar-refractivity contribution is 6.04. The van der Waals surface area contributed by atoms with Crippen LogP contribution in [-0.2, 0) is 0 Å². The lowest BCUT2D eigenvalue weighted by Crippen LogP contribution is -2.21. The maximum absolute atomic E-state index is 13.6. The Morgan fingerprint density at radius 1 is 1.22 bits per heavy atom. The first-order valence-corrected chi connectivity index (χ1v) is 7.06. The molecule has 7 heteroatoms. The molecular weight excluding hydrogens is 302 g/mol. The first-order valence-electron chi connectivity index (χ1n) is 7.06. The van der Waals surface area contributed by atoms with Gasteiger partial charge in [-0.1, -0.05) is 0 Å². The SMILES string of the molecule is CN(C)CCNc1cncc(C(=O)Nc2ccc(F)cc2F)c1. The molecule has 0 fully saturated rings. The Labute approximate surface area is 133 Å². The molecule has 0 atom stereocenters. The van der Waals surface area contributed by atoms with Crippen LogP contribution in [0.25, 0.3) is 0 Å². The van der Waals surface area contributed by atoms with Gasteiger partial charge in [0.2, 0.25) is 0 Å². The van der Waals surface area contributed by atoms with Crippen LogP contribution < -0.4 is 10.6 Å². The van der Waals surface area contributed by atoms with Crippen LogP contribution in [0, 0.1) is 11.6 Å². The summed E-state index contributed by atoms with van der Waals surface area (Å²) in [4.78, 5) is 18.2. The van der Waals surface area contributed by atoms with Crippen molar-refractivity contribution in [3.8, 4) is 0 Å². The molecule has 0 saturated heterocycles. The van der Waals surface area contributed by atoms with Crippen molar-refractivity contribution in [1.29, 1.82) is 0 Å². The Kier molecular flexibility index (Phi) is 5.59. The molecule has 2 N–H and O–H groups in total. The van der Waals surface area contributed by atoms with Gasteiger partial charge in [0.1, 0.15) is 11.6 Å². The second-order valence-corrected chi connectivity index (χ2v) is 5.27. The number of rotatable bonds is 6. The van der Waals surface area contributed by atoms with E-state index in [0.717, 1.165) is 12.6 Å². The number of pyridine rings is 1. The molecule has 2 rings (SSSR count). The zero-order valence-electron chi connectivity index (χ0n) is 12.9. The van der Waals surface area contributed by atoms with Gasteiger partial charge in [-0.05, 0) is 32.3 Å². The molecule has 1 amide bonds. The lowest BCUT2D eigenvalue weighted by Gasteiger charge is -2.12. The summed E-state index contributed by atoms with van der Waals surface area (Å²) in [6.45, 7) is 1.53. The van der Waals surface area contributed by atoms with E-state index in [1.54, 1.807) is 12.3 Å². The molecule has 0 unspecified atom stereocenters. The summed E-state index contributed by atoms with van der Waals surface area (Å²) in [7, 11) is 3.92. The number of amides is 1. The van der Waals surface area contributed by atoms with Crippen LogP contribution in [0.1, 0.15) is 10.4 Å². The van der Waals surface area contributed by atoms with Crippen LogP contribution in [0.2, 0.25) is 0 Å². The molecule has 1 heterocycles. The molecule has 0 aliphatic heterocycles. The maximum atomic E-state index is 13.6. The number of nitrogens with one attached hydrogen (secondary N) is 2. The zero-order valence-corrected chi connectivity index (χ0v) is 12.9. The van der Waals surface area contributed by atoms with E-state index in [1.807, 2.05) is 19.0 Å². The second kappa shape index (κ2) is 7.64. The third-order valence-corrected chi connectivity index (χ3v) is 3.07. The number of likely N-dealkylation sites (N-methyl/N-ethyl adjacent to an activating group) is 1. The molecule has 2 aromatic rings. The third kappa shape index (κ3) is 5.00. The van der Waals surface area contributed by atoms with Gasteiger partial charge in [0.25, 0.3) is 5.91 Å². The Balaban J connectivity index is 2.04. The fraction of sp³-hybridized carbons (Fsp3) is 0.250. The Hall–Kier alpha value is -2.54. The molecule has 0 bridgehead atoms. The van der Waals surface area contributed by atoms with Crippen molar-refractivity contribution in [3.05, 3.63) is 53.9 Å². The van der Waals surface area contributed by atoms with Crippen LogP contribution in [0.15, 0.2) is 36.7 Å². The van der Waals surface area contributed by atoms with Crippen LogP contribution in [-0.4, -0.2) is 43.0 Å². The van der Waals surface area contributed by atoms with Gasteiger partial charge in [0.15, 0.2) is 0 Å². The summed E-state index contributed by atoms with van der Waals surface area (Å²) in [5, 5.41) is 5.54. The highest BCUT2D eigenvalue weighted by Crippen LogP contribution is 2.17. The van der Waals surface area contributed by atoms with Crippen molar-refractivity contribution in [3.63, 3.8) is 0 Å². The van der Waals surface area contributed by atoms with Gasteiger partial charge in [0.05, 0.1) is 16.9 Å². The van der Waals surface area contributed by atoms with E-state index < -0.39 is 17.5 Å². The van der Waals surface area contributed by atoms with Crippen molar-refractivity contribution >= 4 is 17.3 Å². The minimum Gasteiger partial charge on any atom is -0.382 e. The summed E-state index contributed by atoms with van der Waals surface area (Å²) >= 11 is 0. The number of aromatic nitrogens is 1. The van der Waals surface area contributed by atoms with Gasteiger partial charge < -0.3 is 15.5 Å². The van der Waals surface area contributed by atoms with Crippen molar-refractivity contribution < 1.29 is 13.6 Å². The van der Waals surface area contributed by atoms with E-state index in [1.165, 1.54) is 12.3 Å². The molecule has 5 nitrogen and oxygen atoms in total. The van der Waals surface area contributed by atoms with Gasteiger partial charge in [-0.25, -0.2) is 8.78 Å². The number of hydrogen-bond donors (Lipinski definition) is 2. The Morgan fingerprint density at radius 3 is 2.70 bits per heavy atom. The predicted molar refractivity (Wildman–Crippen MR) is 85.6 cm³/mol. The number of hydrogen-bond acceptors (Lipinski definition) is 4. The smallest absolute Gasteiger partial charge is 0.257 e. The topological polar surface area (TPSA) is 57.3 Å². The zero-order chi connectivity index (χ0) is 16.8. The molecule has 1 aromatic carbocycles. The van der Waals surface area contributed by atoms with Crippen molar-refractivity contribution in [2.75, 3.05) is 37.8 Å². The van der Waals surface area contributed by atoms with Gasteiger partial charge >= 0.3 is 0 Å². The number of carbonyl (C=O) groups excluding carboxylic acids is 1. The summed E-state index contributed by atoms with van der Waals surface area (Å²) in [6.07, 6.45) is 2.98. The van der Waals surface area contributed by atoms with Crippen molar-refractivity contribution in [2.45, 2.75) is 0 Å². The molecule has 0 spiro atoms. The average molecular weight is 320 g/mol. The number of nitrogens with zero attached hydrogens (tertiary/aromatic N) is 2. The van der Waals surface area contributed by atoms with Gasteiger partial charge in [0, 0.05) is 31.5 Å². The van der Waals surface area contributed by atoms with Crippen molar-refractivity contribution in [1.82, 2.24) is 9.88 Å². The predicted octanol–water partition coefficient (Wildman–Crippen LogP) is 2.59. The number of benzene rings is 1. The fourth-order valence-electron chi connectivity index (χ4n) is 1.87. The van der Waals surface area contributed by atoms with E-state index in [4.69, 9.17) is 0 Å². The molecule has 0 aliphatic rings. The highest BCUT2D eigenvalue weighted by atomic mass is 19.1. The minimum atomic E-state index is -0.827. The normalized spacial score (nSPS) is 10.7. The van der Waals surface area contributed by atoms with Crippen LogP contribution in [0.3, 0.4) is 0 Å². The summed E-state index contributed by atoms with van der Waals surface area (Å²) in [6, 6.07) is 4.60. The van der Waals surface area contributed by atoms with E-state index in [-0.39, 0.29) is 11.3 Å². The fourth-order valence-corrected chi connectivity index (χ4v) is 1.87. The van der Waals surface area contributed by atoms with Gasteiger partial charge in [-0.3, -0.25) is 9.78 Å². The highest BCUT2D eigenvalue weighted by Gasteiger charge is 2.11. The lowest BCUT2D eigenvalue weighted by molar-refractivity contribution is 0.102. The van der Waals surface area contributed by atoms with Gasteiger partial charge in [-0.15, -0.1) is 0 Å². The molecule has 1 aromatic heterocycles. The standard InChI is InChI=1S/C16H18F2N4O/c1-22(2)6-5-20-13-7-11(9-19-10-13)16(23)21-15-4-3-12(17)8-14(15)18/h3-4,7-10,20H,5-6H2,1-2H3,(H,21,23). The lowest BCUT2D eigenvalue weighted by atomic mass is 10.2. The van der Waals surface area contributed by atoms with Crippen molar-refractivity contribution in [2.24, 2.45) is 0 Å². The molecule has 122 valence electrons. The molecule has 23 heavy (non-hydrogen) atoms. The first-order chi connectivity index (χ1) is 11.0. The summed E-state index contributed by atoms with van der Waals surface area (Å²) in [5.41, 5.74) is 0.894. The molecule has 0 saturated carbocycles. The molecular formula is C16H18F2N4O. The summed E-state index contributed by atoms with van der Waals surface area (Å²) < 4.78 is 26.4. The largest absolute Gasteiger partial charge is 0.382 e. The number of anilines is 2. The number of halogens is 2. The summed E-state index contributed by atoms with van der Waals surface area (Å²) in [5.74, 6) is -2.04. The molecule has 0 aliphatic carbocycles. The van der Waals surface area contributed by atoms with Crippen LogP contribution in [0.4, 0.5) is 20.2 Å². The Bertz CT molecular complexity index is 692. The number of carbonyl (C=O) groups is 1. The first kappa shape index (κ1) is 16.8. The maximum Gasteiger partial charge on any atom is 0.257 e. The quantitative estimate of drug-likeness (QED) is 0.859. The van der Waals surface area contributed by atoms with Crippen LogP contribution >= 0.6 is 0 Å².